The summed E-state index contributed by atoms with van der Waals surface area (Å²) in [6.45, 7) is 0. The fraction of sp³-hybridized carbons (Fsp3) is 0.143. The van der Waals surface area contributed by atoms with Crippen molar-refractivity contribution in [1.29, 1.82) is 0 Å². The maximum absolute atomic E-state index is 12.3. The van der Waals surface area contributed by atoms with E-state index in [2.05, 4.69) is 26.0 Å². The topological polar surface area (TPSA) is 50.2 Å². The van der Waals surface area contributed by atoms with Crippen molar-refractivity contribution in [2.45, 2.75) is 6.18 Å². The van der Waals surface area contributed by atoms with Gasteiger partial charge < -0.3 is 4.98 Å². The smallest absolute Gasteiger partial charge is 0.325 e. The molecule has 0 spiro atoms. The van der Waals surface area contributed by atoms with Gasteiger partial charge in [-0.1, -0.05) is 0 Å². The number of alkyl halides is 3. The minimum Gasteiger partial charge on any atom is -0.325 e. The van der Waals surface area contributed by atoms with Crippen molar-refractivity contribution in [3.8, 4) is 0 Å². The first-order chi connectivity index (χ1) is 6.89. The Kier molecular flexibility index (Phi) is 2.10. The molecule has 8 heteroatoms. The van der Waals surface area contributed by atoms with Crippen LogP contribution in [0.25, 0.3) is 5.52 Å². The number of hydrogen-bond acceptors (Lipinski definition) is 2. The van der Waals surface area contributed by atoms with Crippen LogP contribution in [-0.4, -0.2) is 14.6 Å². The SMILES string of the molecule is O=c1[nH]cc(Br)n2nc(C(F)(F)F)cc12. The summed E-state index contributed by atoms with van der Waals surface area (Å²) in [5, 5.41) is 3.27. The lowest BCUT2D eigenvalue weighted by molar-refractivity contribution is -0.141. The fourth-order valence-corrected chi connectivity index (χ4v) is 1.49. The van der Waals surface area contributed by atoms with Gasteiger partial charge in [0.15, 0.2) is 5.69 Å². The molecule has 15 heavy (non-hydrogen) atoms. The van der Waals surface area contributed by atoms with Gasteiger partial charge >= 0.3 is 6.18 Å². The predicted molar refractivity (Wildman–Crippen MR) is 48.5 cm³/mol. The summed E-state index contributed by atoms with van der Waals surface area (Å²) in [7, 11) is 0. The number of fused-ring (bicyclic) bond motifs is 1. The van der Waals surface area contributed by atoms with E-state index in [1.807, 2.05) is 0 Å². The van der Waals surface area contributed by atoms with E-state index in [4.69, 9.17) is 0 Å². The zero-order valence-electron chi connectivity index (χ0n) is 6.97. The largest absolute Gasteiger partial charge is 0.435 e. The highest BCUT2D eigenvalue weighted by atomic mass is 79.9. The molecule has 0 saturated heterocycles. The van der Waals surface area contributed by atoms with Gasteiger partial charge in [0.1, 0.15) is 10.1 Å². The molecule has 1 N–H and O–H groups in total. The summed E-state index contributed by atoms with van der Waals surface area (Å²) in [5.74, 6) is 0. The molecule has 0 saturated carbocycles. The predicted octanol–water partition coefficient (Wildman–Crippen LogP) is 1.80. The molecule has 2 heterocycles. The third kappa shape index (κ3) is 1.65. The number of aromatic amines is 1. The van der Waals surface area contributed by atoms with Crippen molar-refractivity contribution in [2.24, 2.45) is 0 Å². The van der Waals surface area contributed by atoms with E-state index in [0.29, 0.717) is 6.07 Å². The molecule has 0 unspecified atom stereocenters. The van der Waals surface area contributed by atoms with Crippen molar-refractivity contribution in [1.82, 2.24) is 14.6 Å². The highest BCUT2D eigenvalue weighted by Gasteiger charge is 2.34. The van der Waals surface area contributed by atoms with Crippen LogP contribution in [0.1, 0.15) is 5.69 Å². The first-order valence-electron chi connectivity index (χ1n) is 3.74. The number of H-pyrrole nitrogens is 1. The van der Waals surface area contributed by atoms with Gasteiger partial charge in [-0.3, -0.25) is 4.79 Å². The minimum atomic E-state index is -4.56. The number of nitrogens with zero attached hydrogens (tertiary/aromatic N) is 2. The molecule has 0 aliphatic carbocycles. The Bertz CT molecular complexity index is 571. The lowest BCUT2D eigenvalue weighted by Crippen LogP contribution is -2.09. The summed E-state index contributed by atoms with van der Waals surface area (Å²) in [6, 6.07) is 0.698. The molecule has 0 aliphatic rings. The Morgan fingerprint density at radius 2 is 2.13 bits per heavy atom. The normalized spacial score (nSPS) is 12.3. The number of hydrogen-bond donors (Lipinski definition) is 1. The van der Waals surface area contributed by atoms with Gasteiger partial charge in [0.25, 0.3) is 5.56 Å². The summed E-state index contributed by atoms with van der Waals surface area (Å²) in [6.07, 6.45) is -3.33. The summed E-state index contributed by atoms with van der Waals surface area (Å²) in [5.41, 5.74) is -1.88. The average molecular weight is 282 g/mol. The van der Waals surface area contributed by atoms with Crippen LogP contribution in [0.3, 0.4) is 0 Å². The monoisotopic (exact) mass is 281 g/mol. The van der Waals surface area contributed by atoms with E-state index in [1.54, 1.807) is 0 Å². The molecule has 0 aliphatic heterocycles. The average Bonchev–Trinajstić information content (AvgIpc) is 2.56. The Labute approximate surface area is 88.8 Å². The Morgan fingerprint density at radius 3 is 2.67 bits per heavy atom. The van der Waals surface area contributed by atoms with Gasteiger partial charge in [0, 0.05) is 12.3 Å². The van der Waals surface area contributed by atoms with Crippen LogP contribution in [0, 0.1) is 0 Å². The highest BCUT2D eigenvalue weighted by Crippen LogP contribution is 2.28. The molecule has 2 aromatic heterocycles. The van der Waals surface area contributed by atoms with E-state index >= 15 is 0 Å². The van der Waals surface area contributed by atoms with E-state index in [9.17, 15) is 18.0 Å². The number of halogens is 4. The van der Waals surface area contributed by atoms with Crippen LogP contribution in [-0.2, 0) is 6.18 Å². The third-order valence-electron chi connectivity index (χ3n) is 1.76. The molecule has 0 aromatic carbocycles. The Balaban J connectivity index is 2.82. The minimum absolute atomic E-state index is 0.156. The second-order valence-electron chi connectivity index (χ2n) is 2.76. The second-order valence-corrected chi connectivity index (χ2v) is 3.58. The van der Waals surface area contributed by atoms with Crippen molar-refractivity contribution < 1.29 is 13.2 Å². The van der Waals surface area contributed by atoms with E-state index in [0.717, 1.165) is 4.52 Å². The van der Waals surface area contributed by atoms with Crippen LogP contribution in [0.2, 0.25) is 0 Å². The quantitative estimate of drug-likeness (QED) is 0.801. The zero-order chi connectivity index (χ0) is 11.2. The van der Waals surface area contributed by atoms with Crippen LogP contribution in [0.4, 0.5) is 13.2 Å². The van der Waals surface area contributed by atoms with Crippen molar-refractivity contribution in [2.75, 3.05) is 0 Å². The molecular formula is C7H3BrF3N3O. The van der Waals surface area contributed by atoms with Crippen LogP contribution < -0.4 is 5.56 Å². The lowest BCUT2D eigenvalue weighted by Gasteiger charge is -1.99. The van der Waals surface area contributed by atoms with Crippen molar-refractivity contribution in [3.63, 3.8) is 0 Å². The lowest BCUT2D eigenvalue weighted by atomic mass is 10.4. The van der Waals surface area contributed by atoms with E-state index in [-0.39, 0.29) is 10.1 Å². The first kappa shape index (κ1) is 10.2. The van der Waals surface area contributed by atoms with E-state index < -0.39 is 17.4 Å². The summed E-state index contributed by atoms with van der Waals surface area (Å²) in [4.78, 5) is 13.4. The van der Waals surface area contributed by atoms with Gasteiger partial charge in [-0.05, 0) is 15.9 Å². The van der Waals surface area contributed by atoms with Gasteiger partial charge in [-0.15, -0.1) is 0 Å². The Morgan fingerprint density at radius 1 is 1.47 bits per heavy atom. The van der Waals surface area contributed by atoms with Crippen LogP contribution >= 0.6 is 15.9 Å². The summed E-state index contributed by atoms with van der Waals surface area (Å²) >= 11 is 2.97. The van der Waals surface area contributed by atoms with Gasteiger partial charge in [-0.2, -0.15) is 18.3 Å². The highest BCUT2D eigenvalue weighted by molar-refractivity contribution is 9.10. The van der Waals surface area contributed by atoms with E-state index in [1.165, 1.54) is 6.20 Å². The standard InChI is InChI=1S/C7H3BrF3N3O/c8-5-2-12-6(15)3-1-4(7(9,10)11)13-14(3)5/h1-2H,(H,12,15). The molecule has 0 atom stereocenters. The second kappa shape index (κ2) is 3.09. The maximum Gasteiger partial charge on any atom is 0.435 e. The fourth-order valence-electron chi connectivity index (χ4n) is 1.10. The number of aromatic nitrogens is 3. The molecule has 80 valence electrons. The van der Waals surface area contributed by atoms with Gasteiger partial charge in [-0.25, -0.2) is 4.52 Å². The molecule has 0 fully saturated rings. The molecule has 4 nitrogen and oxygen atoms in total. The molecule has 0 amide bonds. The molecule has 0 bridgehead atoms. The van der Waals surface area contributed by atoms with Crippen molar-refractivity contribution in [3.05, 3.63) is 32.9 Å². The molecule has 2 aromatic rings. The van der Waals surface area contributed by atoms with Crippen LogP contribution in [0.5, 0.6) is 0 Å². The van der Waals surface area contributed by atoms with Crippen LogP contribution in [0.15, 0.2) is 21.7 Å². The number of rotatable bonds is 0. The maximum atomic E-state index is 12.3. The number of nitrogens with one attached hydrogen (secondary N) is 1. The van der Waals surface area contributed by atoms with Crippen molar-refractivity contribution >= 4 is 21.4 Å². The first-order valence-corrected chi connectivity index (χ1v) is 4.53. The zero-order valence-corrected chi connectivity index (χ0v) is 8.56. The summed E-state index contributed by atoms with van der Waals surface area (Å²) < 4.78 is 38.0. The Hall–Kier alpha value is -1.31. The molecule has 0 radical (unpaired) electrons. The molecule has 2 rings (SSSR count). The third-order valence-corrected chi connectivity index (χ3v) is 2.32. The van der Waals surface area contributed by atoms with Gasteiger partial charge in [0.2, 0.25) is 0 Å². The molecular weight excluding hydrogens is 279 g/mol. The van der Waals surface area contributed by atoms with Gasteiger partial charge in [0.05, 0.1) is 0 Å².